The van der Waals surface area contributed by atoms with Gasteiger partial charge < -0.3 is 10.4 Å². The Balaban J connectivity index is 2.44. The lowest BCUT2D eigenvalue weighted by atomic mass is 10.2. The Labute approximate surface area is 96.0 Å². The maximum Gasteiger partial charge on any atom is 0.280 e. The molecule has 0 saturated heterocycles. The fraction of sp³-hybridized carbons (Fsp3) is 0.556. The zero-order valence-corrected chi connectivity index (χ0v) is 10.0. The molecule has 5 nitrogen and oxygen atoms in total. The second kappa shape index (κ2) is 5.87. The molecule has 0 amide bonds. The van der Waals surface area contributed by atoms with E-state index in [-0.39, 0.29) is 11.7 Å². The van der Waals surface area contributed by atoms with Crippen LogP contribution in [-0.4, -0.2) is 28.0 Å². The minimum Gasteiger partial charge on any atom is -0.393 e. The van der Waals surface area contributed by atoms with Crippen LogP contribution in [0, 0.1) is 0 Å². The summed E-state index contributed by atoms with van der Waals surface area (Å²) in [6, 6.07) is 0. The monoisotopic (exact) mass is 275 g/mol. The van der Waals surface area contributed by atoms with Crippen molar-refractivity contribution in [2.75, 3.05) is 11.9 Å². The predicted molar refractivity (Wildman–Crippen MR) is 62.0 cm³/mol. The molecular weight excluding hydrogens is 262 g/mol. The fourth-order valence-corrected chi connectivity index (χ4v) is 1.46. The summed E-state index contributed by atoms with van der Waals surface area (Å²) in [6.45, 7) is 2.46. The molecule has 1 rings (SSSR count). The van der Waals surface area contributed by atoms with E-state index in [1.54, 1.807) is 13.1 Å². The molecule has 0 bridgehead atoms. The van der Waals surface area contributed by atoms with Crippen molar-refractivity contribution in [1.29, 1.82) is 0 Å². The molecule has 1 heterocycles. The highest BCUT2D eigenvalue weighted by molar-refractivity contribution is 9.10. The van der Waals surface area contributed by atoms with Gasteiger partial charge in [0.25, 0.3) is 5.56 Å². The number of rotatable bonds is 5. The third-order valence-electron chi connectivity index (χ3n) is 1.91. The van der Waals surface area contributed by atoms with Crippen LogP contribution >= 0.6 is 15.9 Å². The molecule has 84 valence electrons. The molecule has 1 unspecified atom stereocenters. The molecule has 6 heteroatoms. The third-order valence-corrected chi connectivity index (χ3v) is 2.70. The van der Waals surface area contributed by atoms with E-state index in [1.165, 1.54) is 0 Å². The van der Waals surface area contributed by atoms with Gasteiger partial charge in [-0.25, -0.2) is 5.10 Å². The smallest absolute Gasteiger partial charge is 0.280 e. The highest BCUT2D eigenvalue weighted by atomic mass is 79.9. The molecule has 1 atom stereocenters. The van der Waals surface area contributed by atoms with Crippen molar-refractivity contribution >= 4 is 21.6 Å². The number of anilines is 1. The molecule has 1 aromatic heterocycles. The molecule has 0 aliphatic heterocycles. The van der Waals surface area contributed by atoms with Gasteiger partial charge in [-0.3, -0.25) is 4.79 Å². The van der Waals surface area contributed by atoms with Gasteiger partial charge in [0.15, 0.2) is 0 Å². The van der Waals surface area contributed by atoms with Crippen LogP contribution in [0.25, 0.3) is 0 Å². The van der Waals surface area contributed by atoms with Gasteiger partial charge in [0, 0.05) is 6.54 Å². The van der Waals surface area contributed by atoms with Crippen molar-refractivity contribution in [3.63, 3.8) is 0 Å². The molecular formula is C9H14BrN3O2. The van der Waals surface area contributed by atoms with E-state index in [0.717, 1.165) is 12.8 Å². The lowest BCUT2D eigenvalue weighted by molar-refractivity contribution is 0.183. The number of hydrogen-bond acceptors (Lipinski definition) is 4. The highest BCUT2D eigenvalue weighted by Gasteiger charge is 2.03. The van der Waals surface area contributed by atoms with Crippen LogP contribution in [0.2, 0.25) is 0 Å². The number of nitrogens with zero attached hydrogens (tertiary/aromatic N) is 1. The van der Waals surface area contributed by atoms with Gasteiger partial charge in [0.05, 0.1) is 18.0 Å². The van der Waals surface area contributed by atoms with Gasteiger partial charge in [-0.1, -0.05) is 0 Å². The van der Waals surface area contributed by atoms with E-state index in [9.17, 15) is 4.79 Å². The second-order valence-corrected chi connectivity index (χ2v) is 4.14. The lowest BCUT2D eigenvalue weighted by Crippen LogP contribution is -2.13. The summed E-state index contributed by atoms with van der Waals surface area (Å²) < 4.78 is 0.453. The summed E-state index contributed by atoms with van der Waals surface area (Å²) >= 11 is 3.17. The van der Waals surface area contributed by atoms with Crippen LogP contribution in [0.4, 0.5) is 5.69 Å². The molecule has 0 radical (unpaired) electrons. The molecule has 0 spiro atoms. The first-order valence-corrected chi connectivity index (χ1v) is 5.55. The van der Waals surface area contributed by atoms with Crippen molar-refractivity contribution in [1.82, 2.24) is 10.2 Å². The summed E-state index contributed by atoms with van der Waals surface area (Å²) in [5, 5.41) is 18.1. The Morgan fingerprint density at radius 2 is 2.47 bits per heavy atom. The van der Waals surface area contributed by atoms with Gasteiger partial charge in [-0.05, 0) is 35.7 Å². The SMILES string of the molecule is CC(O)CCCNc1cn[nH]c(=O)c1Br. The molecule has 1 aromatic rings. The van der Waals surface area contributed by atoms with E-state index in [1.807, 2.05) is 0 Å². The normalized spacial score (nSPS) is 12.5. The van der Waals surface area contributed by atoms with Gasteiger partial charge in [0.2, 0.25) is 0 Å². The van der Waals surface area contributed by atoms with Crippen LogP contribution in [0.1, 0.15) is 19.8 Å². The minimum absolute atomic E-state index is 0.254. The van der Waals surface area contributed by atoms with Crippen LogP contribution in [0.3, 0.4) is 0 Å². The topological polar surface area (TPSA) is 78.0 Å². The lowest BCUT2D eigenvalue weighted by Gasteiger charge is -2.07. The largest absolute Gasteiger partial charge is 0.393 e. The predicted octanol–water partition coefficient (Wildman–Crippen LogP) is 1.11. The average molecular weight is 276 g/mol. The number of halogens is 1. The quantitative estimate of drug-likeness (QED) is 0.704. The van der Waals surface area contributed by atoms with Gasteiger partial charge in [-0.15, -0.1) is 0 Å². The standard InChI is InChI=1S/C9H14BrN3O2/c1-6(14)3-2-4-11-7-5-12-13-9(15)8(7)10/h5-6,14H,2-4H2,1H3,(H2,11,13,15). The van der Waals surface area contributed by atoms with Crippen LogP contribution in [0.15, 0.2) is 15.5 Å². The molecule has 3 N–H and O–H groups in total. The Morgan fingerprint density at radius 3 is 3.13 bits per heavy atom. The van der Waals surface area contributed by atoms with Crippen molar-refractivity contribution in [2.24, 2.45) is 0 Å². The number of aliphatic hydroxyl groups excluding tert-OH is 1. The Kier molecular flexibility index (Phi) is 4.77. The third kappa shape index (κ3) is 4.01. The van der Waals surface area contributed by atoms with Gasteiger partial charge in [0.1, 0.15) is 4.47 Å². The number of nitrogens with one attached hydrogen (secondary N) is 2. The average Bonchev–Trinajstić information content (AvgIpc) is 2.18. The first-order valence-electron chi connectivity index (χ1n) is 4.76. The molecule has 0 aromatic carbocycles. The van der Waals surface area contributed by atoms with Crippen LogP contribution in [-0.2, 0) is 0 Å². The van der Waals surface area contributed by atoms with Crippen molar-refractivity contribution in [3.8, 4) is 0 Å². The molecule has 0 aliphatic rings. The first kappa shape index (κ1) is 12.2. The van der Waals surface area contributed by atoms with E-state index in [0.29, 0.717) is 16.7 Å². The summed E-state index contributed by atoms with van der Waals surface area (Å²) in [7, 11) is 0. The zero-order chi connectivity index (χ0) is 11.3. The summed E-state index contributed by atoms with van der Waals surface area (Å²) in [5.41, 5.74) is 0.417. The Hall–Kier alpha value is -0.880. The van der Waals surface area contributed by atoms with E-state index in [4.69, 9.17) is 5.11 Å². The maximum atomic E-state index is 11.1. The zero-order valence-electron chi connectivity index (χ0n) is 8.46. The number of H-pyrrole nitrogens is 1. The summed E-state index contributed by atoms with van der Waals surface area (Å²) in [5.74, 6) is 0. The van der Waals surface area contributed by atoms with Crippen LogP contribution in [0.5, 0.6) is 0 Å². The van der Waals surface area contributed by atoms with E-state index in [2.05, 4.69) is 31.4 Å². The maximum absolute atomic E-state index is 11.1. The number of aromatic amines is 1. The van der Waals surface area contributed by atoms with E-state index >= 15 is 0 Å². The van der Waals surface area contributed by atoms with Crippen molar-refractivity contribution in [2.45, 2.75) is 25.9 Å². The summed E-state index contributed by atoms with van der Waals surface area (Å²) in [6.07, 6.45) is 2.85. The Morgan fingerprint density at radius 1 is 1.73 bits per heavy atom. The van der Waals surface area contributed by atoms with Gasteiger partial charge >= 0.3 is 0 Å². The first-order chi connectivity index (χ1) is 7.11. The number of hydrogen-bond donors (Lipinski definition) is 3. The highest BCUT2D eigenvalue weighted by Crippen LogP contribution is 2.15. The molecule has 0 fully saturated rings. The minimum atomic E-state index is -0.285. The second-order valence-electron chi connectivity index (χ2n) is 3.34. The van der Waals surface area contributed by atoms with Gasteiger partial charge in [-0.2, -0.15) is 5.10 Å². The summed E-state index contributed by atoms with van der Waals surface area (Å²) in [4.78, 5) is 11.1. The van der Waals surface area contributed by atoms with Crippen molar-refractivity contribution < 1.29 is 5.11 Å². The molecule has 15 heavy (non-hydrogen) atoms. The molecule has 0 saturated carbocycles. The Bertz CT molecular complexity index is 365. The fourth-order valence-electron chi connectivity index (χ4n) is 1.13. The van der Waals surface area contributed by atoms with Crippen LogP contribution < -0.4 is 10.9 Å². The van der Waals surface area contributed by atoms with Crippen molar-refractivity contribution in [3.05, 3.63) is 21.0 Å². The van der Waals surface area contributed by atoms with E-state index < -0.39 is 0 Å². The number of aromatic nitrogens is 2. The number of aliphatic hydroxyl groups is 1. The molecule has 0 aliphatic carbocycles.